The van der Waals surface area contributed by atoms with Gasteiger partial charge in [0.25, 0.3) is 0 Å². The molecule has 2 aliphatic rings. The van der Waals surface area contributed by atoms with Gasteiger partial charge in [-0.25, -0.2) is 4.98 Å². The molecule has 2 unspecified atom stereocenters. The predicted molar refractivity (Wildman–Crippen MR) is 93.1 cm³/mol. The van der Waals surface area contributed by atoms with Crippen LogP contribution in [0.25, 0.3) is 0 Å². The molecule has 1 aromatic rings. The second kappa shape index (κ2) is 8.03. The molecular weight excluding hydrogens is 310 g/mol. The fraction of sp³-hybridized carbons (Fsp3) is 0.824. The Morgan fingerprint density at radius 1 is 1.43 bits per heavy atom. The minimum Gasteiger partial charge on any atom is -0.390 e. The first kappa shape index (κ1) is 17.3. The van der Waals surface area contributed by atoms with Crippen molar-refractivity contribution < 1.29 is 9.84 Å². The molecule has 1 fully saturated rings. The number of hydrogen-bond acceptors (Lipinski definition) is 6. The summed E-state index contributed by atoms with van der Waals surface area (Å²) in [5.74, 6) is 0. The molecule has 1 N–H and O–H groups in total. The molecule has 1 aromatic heterocycles. The van der Waals surface area contributed by atoms with Crippen molar-refractivity contribution in [3.8, 4) is 0 Å². The number of aryl methyl sites for hydroxylation is 2. The zero-order valence-electron chi connectivity index (χ0n) is 14.3. The zero-order valence-corrected chi connectivity index (χ0v) is 15.1. The highest BCUT2D eigenvalue weighted by atomic mass is 32.1. The van der Waals surface area contributed by atoms with Crippen LogP contribution in [0.4, 0.5) is 0 Å². The van der Waals surface area contributed by atoms with Gasteiger partial charge in [-0.3, -0.25) is 9.80 Å². The third-order valence-electron chi connectivity index (χ3n) is 4.87. The molecular formula is C17H29N3O2S. The summed E-state index contributed by atoms with van der Waals surface area (Å²) < 4.78 is 5.37. The van der Waals surface area contributed by atoms with Crippen LogP contribution < -0.4 is 0 Å². The number of hydrogen-bond donors (Lipinski definition) is 1. The van der Waals surface area contributed by atoms with Gasteiger partial charge in [-0.1, -0.05) is 6.92 Å². The van der Waals surface area contributed by atoms with E-state index in [4.69, 9.17) is 9.72 Å². The molecule has 5 nitrogen and oxygen atoms in total. The first-order valence-electron chi connectivity index (χ1n) is 8.84. The van der Waals surface area contributed by atoms with Crippen LogP contribution in [0.2, 0.25) is 0 Å². The van der Waals surface area contributed by atoms with E-state index in [2.05, 4.69) is 23.8 Å². The van der Waals surface area contributed by atoms with Gasteiger partial charge in [0, 0.05) is 37.1 Å². The SMILES string of the molecule is CCc1nc2c(s1)C(N(C)CC(O)CN1CCOCC1)CCC2. The maximum atomic E-state index is 10.5. The number of aromatic nitrogens is 1. The standard InChI is InChI=1S/C17H29N3O2S/c1-3-16-18-14-5-4-6-15(17(14)23-16)19(2)11-13(21)12-20-7-9-22-10-8-20/h13,15,21H,3-12H2,1-2H3. The molecule has 2 heterocycles. The Labute approximate surface area is 143 Å². The highest BCUT2D eigenvalue weighted by Gasteiger charge is 2.28. The van der Waals surface area contributed by atoms with E-state index in [-0.39, 0.29) is 6.10 Å². The molecule has 130 valence electrons. The second-order valence-electron chi connectivity index (χ2n) is 6.69. The van der Waals surface area contributed by atoms with Crippen LogP contribution in [0.15, 0.2) is 0 Å². The van der Waals surface area contributed by atoms with Crippen molar-refractivity contribution in [3.05, 3.63) is 15.6 Å². The van der Waals surface area contributed by atoms with Crippen molar-refractivity contribution in [2.75, 3.05) is 46.4 Å². The highest BCUT2D eigenvalue weighted by Crippen LogP contribution is 2.37. The summed E-state index contributed by atoms with van der Waals surface area (Å²) in [5, 5.41) is 11.7. The van der Waals surface area contributed by atoms with E-state index in [1.807, 2.05) is 11.3 Å². The third kappa shape index (κ3) is 4.31. The van der Waals surface area contributed by atoms with E-state index in [0.29, 0.717) is 6.04 Å². The molecule has 0 spiro atoms. The van der Waals surface area contributed by atoms with Gasteiger partial charge in [-0.2, -0.15) is 0 Å². The summed E-state index contributed by atoms with van der Waals surface area (Å²) in [6.45, 7) is 7.09. The Hall–Kier alpha value is -0.530. The van der Waals surface area contributed by atoms with E-state index >= 15 is 0 Å². The average molecular weight is 340 g/mol. The highest BCUT2D eigenvalue weighted by molar-refractivity contribution is 7.11. The molecule has 6 heteroatoms. The molecule has 3 rings (SSSR count). The number of aliphatic hydroxyl groups is 1. The van der Waals surface area contributed by atoms with E-state index in [9.17, 15) is 5.11 Å². The predicted octanol–water partition coefficient (Wildman–Crippen LogP) is 1.71. The lowest BCUT2D eigenvalue weighted by atomic mass is 9.97. The Morgan fingerprint density at radius 2 is 2.22 bits per heavy atom. The Morgan fingerprint density at radius 3 is 2.96 bits per heavy atom. The van der Waals surface area contributed by atoms with E-state index in [0.717, 1.165) is 52.2 Å². The van der Waals surface area contributed by atoms with Crippen LogP contribution in [0.3, 0.4) is 0 Å². The van der Waals surface area contributed by atoms with Crippen molar-refractivity contribution in [2.24, 2.45) is 0 Å². The maximum absolute atomic E-state index is 10.5. The van der Waals surface area contributed by atoms with Gasteiger partial charge >= 0.3 is 0 Å². The van der Waals surface area contributed by atoms with Crippen molar-refractivity contribution in [1.82, 2.24) is 14.8 Å². The van der Waals surface area contributed by atoms with Crippen LogP contribution in [0.5, 0.6) is 0 Å². The molecule has 0 bridgehead atoms. The molecule has 0 amide bonds. The molecule has 1 aliphatic carbocycles. The molecule has 0 aromatic carbocycles. The van der Waals surface area contributed by atoms with Crippen LogP contribution in [0.1, 0.15) is 41.4 Å². The second-order valence-corrected chi connectivity index (χ2v) is 7.80. The normalized spacial score (nSPS) is 23.9. The monoisotopic (exact) mass is 339 g/mol. The quantitative estimate of drug-likeness (QED) is 0.855. The number of morpholine rings is 1. The first-order valence-corrected chi connectivity index (χ1v) is 9.66. The van der Waals surface area contributed by atoms with E-state index in [1.165, 1.54) is 28.4 Å². The lowest BCUT2D eigenvalue weighted by Gasteiger charge is -2.34. The van der Waals surface area contributed by atoms with Crippen molar-refractivity contribution >= 4 is 11.3 Å². The largest absolute Gasteiger partial charge is 0.390 e. The summed E-state index contributed by atoms with van der Waals surface area (Å²) >= 11 is 1.87. The molecule has 1 aliphatic heterocycles. The number of thiazole rings is 1. The van der Waals surface area contributed by atoms with Gasteiger partial charge in [0.05, 0.1) is 30.0 Å². The summed E-state index contributed by atoms with van der Waals surface area (Å²) in [5.41, 5.74) is 1.30. The van der Waals surface area contributed by atoms with Crippen molar-refractivity contribution in [3.63, 3.8) is 0 Å². The van der Waals surface area contributed by atoms with Crippen LogP contribution in [-0.2, 0) is 17.6 Å². The number of β-amino-alcohol motifs (C(OH)–C–C–N with tert-alkyl or cyclic N) is 1. The number of likely N-dealkylation sites (N-methyl/N-ethyl adjacent to an activating group) is 1. The van der Waals surface area contributed by atoms with Crippen LogP contribution in [-0.4, -0.2) is 72.4 Å². The smallest absolute Gasteiger partial charge is 0.0928 e. The zero-order chi connectivity index (χ0) is 16.2. The lowest BCUT2D eigenvalue weighted by molar-refractivity contribution is 0.00519. The molecule has 0 radical (unpaired) electrons. The summed E-state index contributed by atoms with van der Waals surface area (Å²) in [4.78, 5) is 10.9. The maximum Gasteiger partial charge on any atom is 0.0928 e. The average Bonchev–Trinajstić information content (AvgIpc) is 2.98. The first-order chi connectivity index (χ1) is 11.2. The number of ether oxygens (including phenoxy) is 1. The van der Waals surface area contributed by atoms with Gasteiger partial charge in [-0.15, -0.1) is 11.3 Å². The van der Waals surface area contributed by atoms with Gasteiger partial charge in [0.2, 0.25) is 0 Å². The molecule has 2 atom stereocenters. The Bertz CT molecular complexity index is 502. The Kier molecular flexibility index (Phi) is 6.04. The van der Waals surface area contributed by atoms with Crippen LogP contribution >= 0.6 is 11.3 Å². The number of nitrogens with zero attached hydrogens (tertiary/aromatic N) is 3. The number of fused-ring (bicyclic) bond motifs is 1. The van der Waals surface area contributed by atoms with Crippen molar-refractivity contribution in [1.29, 1.82) is 0 Å². The Balaban J connectivity index is 1.57. The fourth-order valence-corrected chi connectivity index (χ4v) is 4.87. The lowest BCUT2D eigenvalue weighted by Crippen LogP contribution is -2.44. The topological polar surface area (TPSA) is 48.8 Å². The van der Waals surface area contributed by atoms with Crippen molar-refractivity contribution in [2.45, 2.75) is 44.8 Å². The van der Waals surface area contributed by atoms with E-state index < -0.39 is 0 Å². The fourth-order valence-electron chi connectivity index (χ4n) is 3.62. The minimum absolute atomic E-state index is 0.304. The van der Waals surface area contributed by atoms with Gasteiger partial charge < -0.3 is 9.84 Å². The summed E-state index contributed by atoms with van der Waals surface area (Å²) in [6, 6.07) is 0.427. The minimum atomic E-state index is -0.304. The summed E-state index contributed by atoms with van der Waals surface area (Å²) in [6.07, 6.45) is 4.22. The molecule has 1 saturated heterocycles. The molecule has 23 heavy (non-hydrogen) atoms. The van der Waals surface area contributed by atoms with Crippen LogP contribution in [0, 0.1) is 0 Å². The summed E-state index contributed by atoms with van der Waals surface area (Å²) in [7, 11) is 2.15. The number of aliphatic hydroxyl groups excluding tert-OH is 1. The number of rotatable bonds is 6. The van der Waals surface area contributed by atoms with Gasteiger partial charge in [-0.05, 0) is 32.7 Å². The van der Waals surface area contributed by atoms with E-state index in [1.54, 1.807) is 0 Å². The third-order valence-corrected chi connectivity index (χ3v) is 6.21. The van der Waals surface area contributed by atoms with Gasteiger partial charge in [0.1, 0.15) is 0 Å². The van der Waals surface area contributed by atoms with Gasteiger partial charge in [0.15, 0.2) is 0 Å². The molecule has 0 saturated carbocycles.